The first kappa shape index (κ1) is 14.8. The predicted octanol–water partition coefficient (Wildman–Crippen LogP) is 2.21. The van der Waals surface area contributed by atoms with E-state index in [-0.39, 0.29) is 11.7 Å². The van der Waals surface area contributed by atoms with Gasteiger partial charge >= 0.3 is 0 Å². The van der Waals surface area contributed by atoms with E-state index < -0.39 is 0 Å². The second kappa shape index (κ2) is 6.71. The van der Waals surface area contributed by atoms with E-state index in [0.29, 0.717) is 16.3 Å². The number of hydrogen-bond donors (Lipinski definition) is 1. The molecule has 0 unspecified atom stereocenters. The monoisotopic (exact) mass is 309 g/mol. The molecule has 5 nitrogen and oxygen atoms in total. The van der Waals surface area contributed by atoms with Gasteiger partial charge in [-0.1, -0.05) is 11.8 Å². The molecule has 2 rings (SSSR count). The molecule has 0 aliphatic heterocycles. The van der Waals surface area contributed by atoms with Gasteiger partial charge < -0.3 is 9.88 Å². The molecule has 0 aliphatic rings. The Morgan fingerprint density at radius 3 is 2.75 bits per heavy atom. The van der Waals surface area contributed by atoms with Crippen molar-refractivity contribution in [3.05, 3.63) is 34.3 Å². The van der Waals surface area contributed by atoms with Gasteiger partial charge in [-0.25, -0.2) is 4.98 Å². The molecule has 0 aliphatic carbocycles. The smallest absolute Gasteiger partial charge is 0.261 e. The Morgan fingerprint density at radius 1 is 1.40 bits per heavy atom. The Kier molecular flexibility index (Phi) is 4.97. The molecule has 106 valence electrons. The number of imidazole rings is 1. The van der Waals surface area contributed by atoms with E-state index in [2.05, 4.69) is 10.3 Å². The maximum atomic E-state index is 11.9. The van der Waals surface area contributed by atoms with Crippen LogP contribution < -0.4 is 5.32 Å². The van der Waals surface area contributed by atoms with Gasteiger partial charge in [-0.05, 0) is 19.1 Å². The zero-order chi connectivity index (χ0) is 14.5. The lowest BCUT2D eigenvalue weighted by atomic mass is 10.3. The van der Waals surface area contributed by atoms with Crippen LogP contribution in [0.25, 0.3) is 0 Å². The topological polar surface area (TPSA) is 64.0 Å². The van der Waals surface area contributed by atoms with Crippen LogP contribution in [0.3, 0.4) is 0 Å². The summed E-state index contributed by atoms with van der Waals surface area (Å²) in [5.41, 5.74) is 0. The first-order chi connectivity index (χ1) is 9.58. The maximum absolute atomic E-state index is 11.9. The number of aryl methyl sites for hydroxylation is 1. The summed E-state index contributed by atoms with van der Waals surface area (Å²) in [6.07, 6.45) is 3.63. The third-order valence-corrected chi connectivity index (χ3v) is 4.82. The minimum absolute atomic E-state index is 0.0145. The van der Waals surface area contributed by atoms with Gasteiger partial charge in [-0.3, -0.25) is 9.59 Å². The van der Waals surface area contributed by atoms with Crippen LogP contribution >= 0.6 is 23.1 Å². The van der Waals surface area contributed by atoms with Crippen LogP contribution in [0.1, 0.15) is 26.3 Å². The molecule has 0 saturated heterocycles. The summed E-state index contributed by atoms with van der Waals surface area (Å²) in [5.74, 6) is 0.601. The van der Waals surface area contributed by atoms with Crippen LogP contribution in [0.2, 0.25) is 0 Å². The zero-order valence-corrected chi connectivity index (χ0v) is 12.9. The van der Waals surface area contributed by atoms with Crippen LogP contribution in [-0.2, 0) is 7.05 Å². The van der Waals surface area contributed by atoms with E-state index in [1.54, 1.807) is 30.1 Å². The van der Waals surface area contributed by atoms with Gasteiger partial charge in [-0.15, -0.1) is 11.3 Å². The molecular formula is C13H15N3O2S2. The van der Waals surface area contributed by atoms with E-state index in [4.69, 9.17) is 0 Å². The molecule has 0 saturated carbocycles. The van der Waals surface area contributed by atoms with Gasteiger partial charge in [-0.2, -0.15) is 0 Å². The summed E-state index contributed by atoms with van der Waals surface area (Å²) in [7, 11) is 1.93. The number of thiophene rings is 1. The molecule has 0 radical (unpaired) electrons. The molecule has 0 bridgehead atoms. The van der Waals surface area contributed by atoms with Gasteiger partial charge in [0.1, 0.15) is 0 Å². The highest BCUT2D eigenvalue weighted by Gasteiger charge is 2.10. The third-order valence-electron chi connectivity index (χ3n) is 2.57. The van der Waals surface area contributed by atoms with Crippen molar-refractivity contribution < 1.29 is 9.59 Å². The summed E-state index contributed by atoms with van der Waals surface area (Å²) in [5, 5.41) is 3.76. The summed E-state index contributed by atoms with van der Waals surface area (Å²) < 4.78 is 1.94. The van der Waals surface area contributed by atoms with E-state index in [1.807, 2.05) is 17.8 Å². The van der Waals surface area contributed by atoms with Crippen molar-refractivity contribution in [2.45, 2.75) is 12.1 Å². The second-order valence-electron chi connectivity index (χ2n) is 4.15. The molecule has 0 fully saturated rings. The van der Waals surface area contributed by atoms with Gasteiger partial charge in [0.05, 0.1) is 9.75 Å². The summed E-state index contributed by atoms with van der Waals surface area (Å²) in [6.45, 7) is 2.06. The van der Waals surface area contributed by atoms with Crippen molar-refractivity contribution in [3.63, 3.8) is 0 Å². The van der Waals surface area contributed by atoms with Crippen LogP contribution in [0.4, 0.5) is 0 Å². The number of Topliss-reactive ketones (excluding diaryl/α,β-unsaturated/α-hetero) is 1. The maximum Gasteiger partial charge on any atom is 0.261 e. The van der Waals surface area contributed by atoms with E-state index >= 15 is 0 Å². The van der Waals surface area contributed by atoms with Gasteiger partial charge in [0.2, 0.25) is 0 Å². The van der Waals surface area contributed by atoms with Crippen LogP contribution in [-0.4, -0.2) is 33.5 Å². The van der Waals surface area contributed by atoms with Gasteiger partial charge in [0, 0.05) is 31.7 Å². The molecule has 0 aromatic carbocycles. The van der Waals surface area contributed by atoms with Crippen molar-refractivity contribution in [1.29, 1.82) is 0 Å². The minimum Gasteiger partial charge on any atom is -0.350 e. The molecule has 1 N–H and O–H groups in total. The van der Waals surface area contributed by atoms with Crippen molar-refractivity contribution in [2.75, 3.05) is 12.3 Å². The number of carbonyl (C=O) groups excluding carboxylic acids is 2. The molecule has 2 heterocycles. The van der Waals surface area contributed by atoms with Gasteiger partial charge in [0.15, 0.2) is 10.9 Å². The number of thioether (sulfide) groups is 1. The number of rotatable bonds is 6. The Morgan fingerprint density at radius 2 is 2.15 bits per heavy atom. The fourth-order valence-corrected chi connectivity index (χ4v) is 3.14. The number of aromatic nitrogens is 2. The fourth-order valence-electron chi connectivity index (χ4n) is 1.53. The number of amides is 1. The highest BCUT2D eigenvalue weighted by Crippen LogP contribution is 2.17. The number of carbonyl (C=O) groups is 2. The number of hydrogen-bond acceptors (Lipinski definition) is 5. The number of nitrogens with zero attached hydrogens (tertiary/aromatic N) is 2. The minimum atomic E-state index is -0.136. The highest BCUT2D eigenvalue weighted by molar-refractivity contribution is 7.99. The molecule has 1 amide bonds. The molecule has 7 heteroatoms. The zero-order valence-electron chi connectivity index (χ0n) is 11.3. The molecule has 2 aromatic rings. The standard InChI is InChI=1S/C13H15N3O2S2/c1-9(17)10-3-4-11(20-10)12(18)14-6-8-19-13-15-5-7-16(13)2/h3-5,7H,6,8H2,1-2H3,(H,14,18). The van der Waals surface area contributed by atoms with Crippen LogP contribution in [0, 0.1) is 0 Å². The normalized spacial score (nSPS) is 10.5. The van der Waals surface area contributed by atoms with Crippen molar-refractivity contribution in [2.24, 2.45) is 7.05 Å². The van der Waals surface area contributed by atoms with E-state index in [9.17, 15) is 9.59 Å². The Balaban J connectivity index is 1.77. The van der Waals surface area contributed by atoms with Crippen molar-refractivity contribution in [1.82, 2.24) is 14.9 Å². The SMILES string of the molecule is CC(=O)c1ccc(C(=O)NCCSc2nccn2C)s1. The third kappa shape index (κ3) is 3.71. The average Bonchev–Trinajstić information content (AvgIpc) is 3.03. The Labute approximate surface area is 125 Å². The van der Waals surface area contributed by atoms with E-state index in [1.165, 1.54) is 18.3 Å². The first-order valence-electron chi connectivity index (χ1n) is 6.07. The predicted molar refractivity (Wildman–Crippen MR) is 80.6 cm³/mol. The fraction of sp³-hybridized carbons (Fsp3) is 0.308. The summed E-state index contributed by atoms with van der Waals surface area (Å²) in [6, 6.07) is 3.37. The van der Waals surface area contributed by atoms with Crippen LogP contribution in [0.5, 0.6) is 0 Å². The number of nitrogens with one attached hydrogen (secondary N) is 1. The lowest BCUT2D eigenvalue weighted by Crippen LogP contribution is -2.24. The lowest BCUT2D eigenvalue weighted by molar-refractivity contribution is 0.0959. The van der Waals surface area contributed by atoms with Crippen molar-refractivity contribution >= 4 is 34.8 Å². The Bertz CT molecular complexity index is 619. The molecule has 0 atom stereocenters. The van der Waals surface area contributed by atoms with Crippen molar-refractivity contribution in [3.8, 4) is 0 Å². The molecule has 20 heavy (non-hydrogen) atoms. The first-order valence-corrected chi connectivity index (χ1v) is 7.87. The number of ketones is 1. The summed E-state index contributed by atoms with van der Waals surface area (Å²) in [4.78, 5) is 28.4. The molecular weight excluding hydrogens is 294 g/mol. The second-order valence-corrected chi connectivity index (χ2v) is 6.29. The quantitative estimate of drug-likeness (QED) is 0.505. The highest BCUT2D eigenvalue weighted by atomic mass is 32.2. The molecule has 0 spiro atoms. The van der Waals surface area contributed by atoms with Crippen LogP contribution in [0.15, 0.2) is 29.7 Å². The summed E-state index contributed by atoms with van der Waals surface area (Å²) >= 11 is 2.81. The van der Waals surface area contributed by atoms with E-state index in [0.717, 1.165) is 10.9 Å². The lowest BCUT2D eigenvalue weighted by Gasteiger charge is -2.03. The largest absolute Gasteiger partial charge is 0.350 e. The Hall–Kier alpha value is -1.60. The van der Waals surface area contributed by atoms with Gasteiger partial charge in [0.25, 0.3) is 5.91 Å². The average molecular weight is 309 g/mol. The molecule has 2 aromatic heterocycles.